The minimum absolute atomic E-state index is 0. The summed E-state index contributed by atoms with van der Waals surface area (Å²) in [6, 6.07) is 7.01. The number of benzene rings is 1. The smallest absolute Gasteiger partial charge is 0.506 e. The molecular formula is C31H46IrN3O. The van der Waals surface area contributed by atoms with Gasteiger partial charge in [-0.1, -0.05) is 45.9 Å². The average molecular weight is 669 g/mol. The van der Waals surface area contributed by atoms with Crippen molar-refractivity contribution in [2.75, 3.05) is 18.1 Å². The van der Waals surface area contributed by atoms with Crippen molar-refractivity contribution >= 4 is 11.6 Å². The van der Waals surface area contributed by atoms with Gasteiger partial charge in [-0.2, -0.15) is 6.67 Å². The van der Waals surface area contributed by atoms with Crippen LogP contribution in [-0.4, -0.2) is 30.0 Å². The number of rotatable bonds is 6. The largest absolute Gasteiger partial charge is 3.00 e. The van der Waals surface area contributed by atoms with E-state index >= 15 is 0 Å². The summed E-state index contributed by atoms with van der Waals surface area (Å²) in [5, 5.41) is 0. The molecule has 4 aliphatic carbocycles. The van der Waals surface area contributed by atoms with Crippen LogP contribution in [0.3, 0.4) is 0 Å². The molecule has 4 fully saturated rings. The van der Waals surface area contributed by atoms with E-state index in [9.17, 15) is 0 Å². The van der Waals surface area contributed by atoms with Crippen molar-refractivity contribution < 1.29 is 24.8 Å². The maximum absolute atomic E-state index is 6.35. The molecule has 0 unspecified atom stereocenters. The molecule has 0 radical (unpaired) electrons. The van der Waals surface area contributed by atoms with E-state index in [1.54, 1.807) is 0 Å². The van der Waals surface area contributed by atoms with Crippen molar-refractivity contribution in [2.45, 2.75) is 84.1 Å². The van der Waals surface area contributed by atoms with Crippen LogP contribution < -0.4 is 4.90 Å². The number of ether oxygens (including phenoxy) is 1. The fourth-order valence-corrected chi connectivity index (χ4v) is 7.86. The molecular weight excluding hydrogens is 623 g/mol. The van der Waals surface area contributed by atoms with E-state index < -0.39 is 0 Å². The molecule has 0 aromatic heterocycles. The molecule has 4 bridgehead atoms. The Bertz CT molecular complexity index is 907. The first kappa shape index (κ1) is 29.2. The van der Waals surface area contributed by atoms with Gasteiger partial charge in [-0.25, -0.2) is 4.99 Å². The Hall–Kier alpha value is -1.32. The van der Waals surface area contributed by atoms with Crippen molar-refractivity contribution in [1.82, 2.24) is 4.90 Å². The molecule has 6 aliphatic rings. The van der Waals surface area contributed by atoms with Crippen LogP contribution in [0.4, 0.5) is 5.69 Å². The number of hydrogen-bond acceptors (Lipinski definition) is 4. The Morgan fingerprint density at radius 2 is 1.50 bits per heavy atom. The second kappa shape index (κ2) is 11.2. The Morgan fingerprint density at radius 1 is 0.944 bits per heavy atom. The first-order valence-electron chi connectivity index (χ1n) is 13.3. The summed E-state index contributed by atoms with van der Waals surface area (Å²) >= 11 is 0. The molecule has 0 spiro atoms. The molecule has 1 aromatic rings. The molecule has 4 saturated carbocycles. The van der Waals surface area contributed by atoms with Crippen LogP contribution in [0, 0.1) is 44.7 Å². The van der Waals surface area contributed by atoms with Gasteiger partial charge >= 0.3 is 20.1 Å². The van der Waals surface area contributed by atoms with Crippen LogP contribution in [0.15, 0.2) is 35.6 Å². The van der Waals surface area contributed by atoms with E-state index in [1.807, 2.05) is 0 Å². The summed E-state index contributed by atoms with van der Waals surface area (Å²) < 4.78 is 6.35. The molecule has 200 valence electrons. The number of nitrogens with zero attached hydrogens (tertiary/aromatic N) is 3. The van der Waals surface area contributed by atoms with Crippen molar-refractivity contribution in [3.63, 3.8) is 0 Å². The molecule has 1 aromatic carbocycles. The predicted molar refractivity (Wildman–Crippen MR) is 148 cm³/mol. The third kappa shape index (κ3) is 5.17. The Balaban J connectivity index is 0.00000120. The van der Waals surface area contributed by atoms with E-state index in [0.717, 1.165) is 36.8 Å². The van der Waals surface area contributed by atoms with Gasteiger partial charge in [0.1, 0.15) is 12.6 Å². The summed E-state index contributed by atoms with van der Waals surface area (Å²) in [7, 11) is 0. The van der Waals surface area contributed by atoms with E-state index in [4.69, 9.17) is 9.73 Å². The molecule has 0 N–H and O–H groups in total. The van der Waals surface area contributed by atoms with Gasteiger partial charge < -0.3 is 29.4 Å². The maximum atomic E-state index is 6.35. The van der Waals surface area contributed by atoms with Crippen LogP contribution in [0.5, 0.6) is 0 Å². The normalized spacial score (nSPS) is 31.8. The van der Waals surface area contributed by atoms with Gasteiger partial charge in [-0.05, 0) is 91.6 Å². The first-order chi connectivity index (χ1) is 15.9. The third-order valence-electron chi connectivity index (χ3n) is 8.92. The molecule has 5 heteroatoms. The van der Waals surface area contributed by atoms with Gasteiger partial charge in [0.2, 0.25) is 0 Å². The Labute approximate surface area is 234 Å². The summed E-state index contributed by atoms with van der Waals surface area (Å²) in [5.74, 6) is 4.90. The maximum Gasteiger partial charge on any atom is 3.00 e. The minimum Gasteiger partial charge on any atom is -0.506 e. The van der Waals surface area contributed by atoms with Gasteiger partial charge in [-0.15, -0.1) is 0 Å². The van der Waals surface area contributed by atoms with Crippen LogP contribution >= 0.6 is 0 Å². The number of anilines is 1. The number of aliphatic imine (C=N–C) groups is 1. The zero-order valence-electron chi connectivity index (χ0n) is 23.2. The summed E-state index contributed by atoms with van der Waals surface area (Å²) in [5.41, 5.74) is 4.45. The summed E-state index contributed by atoms with van der Waals surface area (Å²) in [6.45, 7) is 13.0. The Morgan fingerprint density at radius 3 is 2.03 bits per heavy atom. The zero-order chi connectivity index (χ0) is 22.7. The minimum atomic E-state index is 0. The van der Waals surface area contributed by atoms with E-state index in [0.29, 0.717) is 11.8 Å². The molecule has 7 rings (SSSR count). The molecule has 2 aliphatic heterocycles. The van der Waals surface area contributed by atoms with E-state index in [-0.39, 0.29) is 46.4 Å². The quantitative estimate of drug-likeness (QED) is 0.293. The van der Waals surface area contributed by atoms with Gasteiger partial charge in [-0.3, -0.25) is 0 Å². The van der Waals surface area contributed by atoms with Gasteiger partial charge in [0.05, 0.1) is 0 Å². The summed E-state index contributed by atoms with van der Waals surface area (Å²) in [4.78, 5) is 9.84. The zero-order valence-corrected chi connectivity index (χ0v) is 25.6. The van der Waals surface area contributed by atoms with Gasteiger partial charge in [0, 0.05) is 17.6 Å². The van der Waals surface area contributed by atoms with Crippen molar-refractivity contribution in [3.05, 3.63) is 63.2 Å². The van der Waals surface area contributed by atoms with Gasteiger partial charge in [0.25, 0.3) is 0 Å². The van der Waals surface area contributed by atoms with Crippen molar-refractivity contribution in [1.29, 1.82) is 0 Å². The second-order valence-corrected chi connectivity index (χ2v) is 12.2. The predicted octanol–water partition coefficient (Wildman–Crippen LogP) is 7.56. The molecule has 4 nitrogen and oxygen atoms in total. The SMILES string of the molecule is CC(C)c1cccc(C(C)C)c1N1C=CN(C[C@@H]2COC(C34CC5CC(CC(C5)C3)C4)=N2)[CH-]1.[CH3-].[CH3-].[Ir+3]. The van der Waals surface area contributed by atoms with Gasteiger partial charge in [0.15, 0.2) is 5.90 Å². The van der Waals surface area contributed by atoms with E-state index in [1.165, 1.54) is 55.3 Å². The third-order valence-corrected chi connectivity index (χ3v) is 8.92. The monoisotopic (exact) mass is 669 g/mol. The standard InChI is InChI=1S/C29H40N3O.2CH3.Ir/c1-19(2)25-6-5-7-26(20(3)4)27(25)32-9-8-31(18-32)16-24-17-33-28(30-24)29-13-21-10-22(14-29)12-23(11-21)15-29;;;/h5-9,18-24H,10-17H2,1-4H3;2*1H3;/q3*-1;+3/t21?,22?,23?,24-,29?;;;/m1.../s1. The Kier molecular flexibility index (Phi) is 9.09. The number of hydrogen-bond donors (Lipinski definition) is 0. The van der Waals surface area contributed by atoms with Crippen LogP contribution in [0.1, 0.15) is 89.2 Å². The fourth-order valence-electron chi connectivity index (χ4n) is 7.86. The van der Waals surface area contributed by atoms with Crippen LogP contribution in [0.2, 0.25) is 0 Å². The molecule has 0 saturated heterocycles. The topological polar surface area (TPSA) is 28.1 Å². The van der Waals surface area contributed by atoms with E-state index in [2.05, 4.69) is 74.8 Å². The van der Waals surface area contributed by atoms with Crippen LogP contribution in [0.25, 0.3) is 0 Å². The fraction of sp³-hybridized carbons (Fsp3) is 0.613. The van der Waals surface area contributed by atoms with Crippen molar-refractivity contribution in [2.24, 2.45) is 28.2 Å². The molecule has 36 heavy (non-hydrogen) atoms. The van der Waals surface area contributed by atoms with Crippen LogP contribution in [-0.2, 0) is 24.8 Å². The average Bonchev–Trinajstić information content (AvgIpc) is 3.42. The number of para-hydroxylation sites is 1. The summed E-state index contributed by atoms with van der Waals surface area (Å²) in [6.07, 6.45) is 12.8. The molecule has 0 amide bonds. The second-order valence-electron chi connectivity index (χ2n) is 12.2. The first-order valence-corrected chi connectivity index (χ1v) is 13.3. The molecule has 2 heterocycles. The molecule has 1 atom stereocenters. The van der Waals surface area contributed by atoms with Crippen molar-refractivity contribution in [3.8, 4) is 0 Å².